The van der Waals surface area contributed by atoms with Crippen LogP contribution in [0.3, 0.4) is 0 Å². The first-order valence-corrected chi connectivity index (χ1v) is 10.4. The SMILES string of the molecule is CC(C)(C)C1CCC(CN)C(S(=O)(=O)CC2CCCC2)C1. The summed E-state index contributed by atoms with van der Waals surface area (Å²) in [5, 5.41) is -0.193. The maximum atomic E-state index is 12.9. The Morgan fingerprint density at radius 1 is 1.05 bits per heavy atom. The van der Waals surface area contributed by atoms with Gasteiger partial charge in [-0.25, -0.2) is 8.42 Å². The number of hydrogen-bond donors (Lipinski definition) is 1. The van der Waals surface area contributed by atoms with Crippen molar-refractivity contribution in [2.75, 3.05) is 12.3 Å². The molecule has 3 nitrogen and oxygen atoms in total. The Morgan fingerprint density at radius 3 is 2.19 bits per heavy atom. The molecule has 0 aliphatic heterocycles. The summed E-state index contributed by atoms with van der Waals surface area (Å²) in [6.45, 7) is 7.23. The van der Waals surface area contributed by atoms with E-state index in [0.717, 1.165) is 32.1 Å². The summed E-state index contributed by atoms with van der Waals surface area (Å²) in [4.78, 5) is 0. The first-order chi connectivity index (χ1) is 9.74. The van der Waals surface area contributed by atoms with E-state index in [-0.39, 0.29) is 16.6 Å². The highest BCUT2D eigenvalue weighted by atomic mass is 32.2. The molecule has 3 unspecified atom stereocenters. The van der Waals surface area contributed by atoms with Gasteiger partial charge in [0.2, 0.25) is 0 Å². The quantitative estimate of drug-likeness (QED) is 0.865. The van der Waals surface area contributed by atoms with Crippen molar-refractivity contribution in [2.45, 2.75) is 71.0 Å². The molecule has 4 heteroatoms. The van der Waals surface area contributed by atoms with E-state index in [1.807, 2.05) is 0 Å². The van der Waals surface area contributed by atoms with Gasteiger partial charge in [0.05, 0.1) is 11.0 Å². The van der Waals surface area contributed by atoms with Gasteiger partial charge in [-0.15, -0.1) is 0 Å². The average molecular weight is 316 g/mol. The maximum absolute atomic E-state index is 12.9. The van der Waals surface area contributed by atoms with Gasteiger partial charge in [-0.1, -0.05) is 33.6 Å². The van der Waals surface area contributed by atoms with Crippen LogP contribution in [0.1, 0.15) is 65.7 Å². The van der Waals surface area contributed by atoms with Crippen LogP contribution in [0.5, 0.6) is 0 Å². The smallest absolute Gasteiger partial charge is 0.153 e. The van der Waals surface area contributed by atoms with Crippen molar-refractivity contribution < 1.29 is 8.42 Å². The molecule has 3 atom stereocenters. The number of rotatable bonds is 4. The molecule has 0 spiro atoms. The highest BCUT2D eigenvalue weighted by Gasteiger charge is 2.42. The molecular formula is C17H33NO2S. The first-order valence-electron chi connectivity index (χ1n) is 8.65. The fourth-order valence-corrected chi connectivity index (χ4v) is 6.91. The predicted molar refractivity (Wildman–Crippen MR) is 88.9 cm³/mol. The molecule has 2 N–H and O–H groups in total. The average Bonchev–Trinajstić information content (AvgIpc) is 2.89. The van der Waals surface area contributed by atoms with Crippen molar-refractivity contribution >= 4 is 9.84 Å². The van der Waals surface area contributed by atoms with E-state index in [1.54, 1.807) is 0 Å². The summed E-state index contributed by atoms with van der Waals surface area (Å²) in [6, 6.07) is 0. The second kappa shape index (κ2) is 6.57. The van der Waals surface area contributed by atoms with Crippen molar-refractivity contribution in [3.05, 3.63) is 0 Å². The summed E-state index contributed by atoms with van der Waals surface area (Å²) in [6.07, 6.45) is 7.53. The van der Waals surface area contributed by atoms with Gasteiger partial charge >= 0.3 is 0 Å². The molecule has 0 aromatic rings. The number of nitrogens with two attached hydrogens (primary N) is 1. The summed E-state index contributed by atoms with van der Waals surface area (Å²) in [7, 11) is -3.00. The molecule has 21 heavy (non-hydrogen) atoms. The van der Waals surface area contributed by atoms with Crippen molar-refractivity contribution in [1.29, 1.82) is 0 Å². The van der Waals surface area contributed by atoms with Gasteiger partial charge in [-0.05, 0) is 61.8 Å². The minimum atomic E-state index is -3.00. The standard InChI is InChI=1S/C17H33NO2S/c1-17(2,3)15-9-8-14(11-18)16(10-15)21(19,20)12-13-6-4-5-7-13/h13-16H,4-12,18H2,1-3H3. The zero-order chi connectivity index (χ0) is 15.7. The molecule has 0 bridgehead atoms. The Morgan fingerprint density at radius 2 is 1.67 bits per heavy atom. The van der Waals surface area contributed by atoms with Gasteiger partial charge in [-0.2, -0.15) is 0 Å². The van der Waals surface area contributed by atoms with Crippen molar-refractivity contribution in [2.24, 2.45) is 28.9 Å². The summed E-state index contributed by atoms with van der Waals surface area (Å²) < 4.78 is 25.9. The third-order valence-corrected chi connectivity index (χ3v) is 8.30. The van der Waals surface area contributed by atoms with E-state index in [9.17, 15) is 8.42 Å². The molecule has 2 saturated carbocycles. The van der Waals surface area contributed by atoms with Crippen molar-refractivity contribution in [3.8, 4) is 0 Å². The highest BCUT2D eigenvalue weighted by Crippen LogP contribution is 2.42. The molecule has 124 valence electrons. The lowest BCUT2D eigenvalue weighted by Gasteiger charge is -2.41. The third kappa shape index (κ3) is 4.22. The molecule has 2 aliphatic carbocycles. The Kier molecular flexibility index (Phi) is 5.40. The van der Waals surface area contributed by atoms with Gasteiger partial charge in [-0.3, -0.25) is 0 Å². The van der Waals surface area contributed by atoms with Crippen LogP contribution in [-0.2, 0) is 9.84 Å². The van der Waals surface area contributed by atoms with E-state index >= 15 is 0 Å². The highest BCUT2D eigenvalue weighted by molar-refractivity contribution is 7.92. The summed E-state index contributed by atoms with van der Waals surface area (Å²) in [5.41, 5.74) is 6.08. The lowest BCUT2D eigenvalue weighted by Crippen LogP contribution is -2.44. The van der Waals surface area contributed by atoms with Crippen LogP contribution in [0.15, 0.2) is 0 Å². The van der Waals surface area contributed by atoms with Gasteiger partial charge in [0.25, 0.3) is 0 Å². The molecule has 0 radical (unpaired) electrons. The molecule has 0 heterocycles. The minimum Gasteiger partial charge on any atom is -0.330 e. The molecule has 2 rings (SSSR count). The Hall–Kier alpha value is -0.0900. The Balaban J connectivity index is 2.11. The Bertz CT molecular complexity index is 432. The van der Waals surface area contributed by atoms with Crippen LogP contribution in [0.2, 0.25) is 0 Å². The predicted octanol–water partition coefficient (Wildman–Crippen LogP) is 3.38. The zero-order valence-corrected chi connectivity index (χ0v) is 14.8. The van der Waals surface area contributed by atoms with Crippen LogP contribution < -0.4 is 5.73 Å². The Labute approximate surface area is 131 Å². The summed E-state index contributed by atoms with van der Waals surface area (Å²) in [5.74, 6) is 1.49. The van der Waals surface area contributed by atoms with Gasteiger partial charge in [0.15, 0.2) is 9.84 Å². The van der Waals surface area contributed by atoms with E-state index in [4.69, 9.17) is 5.73 Å². The third-order valence-electron chi connectivity index (χ3n) is 5.86. The van der Waals surface area contributed by atoms with Crippen LogP contribution in [0.4, 0.5) is 0 Å². The molecule has 0 saturated heterocycles. The van der Waals surface area contributed by atoms with Crippen LogP contribution >= 0.6 is 0 Å². The fourth-order valence-electron chi connectivity index (χ4n) is 4.32. The van der Waals surface area contributed by atoms with Crippen LogP contribution in [-0.4, -0.2) is 26.0 Å². The molecule has 2 fully saturated rings. The minimum absolute atomic E-state index is 0.176. The van der Waals surface area contributed by atoms with Gasteiger partial charge in [0.1, 0.15) is 0 Å². The molecule has 2 aliphatic rings. The topological polar surface area (TPSA) is 60.2 Å². The van der Waals surface area contributed by atoms with Crippen LogP contribution in [0.25, 0.3) is 0 Å². The number of sulfone groups is 1. The van der Waals surface area contributed by atoms with Gasteiger partial charge < -0.3 is 5.73 Å². The number of hydrogen-bond acceptors (Lipinski definition) is 3. The molecule has 0 aromatic carbocycles. The van der Waals surface area contributed by atoms with E-state index in [2.05, 4.69) is 20.8 Å². The second-order valence-electron chi connectivity index (χ2n) is 8.39. The molecular weight excluding hydrogens is 282 g/mol. The fraction of sp³-hybridized carbons (Fsp3) is 1.00. The monoisotopic (exact) mass is 315 g/mol. The maximum Gasteiger partial charge on any atom is 0.153 e. The van der Waals surface area contributed by atoms with Crippen LogP contribution in [0, 0.1) is 23.2 Å². The zero-order valence-electron chi connectivity index (χ0n) is 14.0. The van der Waals surface area contributed by atoms with Gasteiger partial charge in [0, 0.05) is 0 Å². The van der Waals surface area contributed by atoms with Crippen molar-refractivity contribution in [1.82, 2.24) is 0 Å². The lowest BCUT2D eigenvalue weighted by molar-refractivity contribution is 0.154. The largest absolute Gasteiger partial charge is 0.330 e. The normalized spacial score (nSPS) is 32.5. The lowest BCUT2D eigenvalue weighted by atomic mass is 9.69. The van der Waals surface area contributed by atoms with E-state index < -0.39 is 9.84 Å². The second-order valence-corrected chi connectivity index (χ2v) is 10.7. The first kappa shape index (κ1) is 17.3. The molecule has 0 aromatic heterocycles. The van der Waals surface area contributed by atoms with E-state index in [1.165, 1.54) is 12.8 Å². The van der Waals surface area contributed by atoms with E-state index in [0.29, 0.717) is 24.1 Å². The summed E-state index contributed by atoms with van der Waals surface area (Å²) >= 11 is 0. The van der Waals surface area contributed by atoms with Crippen molar-refractivity contribution in [3.63, 3.8) is 0 Å². The molecule has 0 amide bonds.